The number of carbonyl (C=O) groups excluding carboxylic acids is 1. The Morgan fingerprint density at radius 3 is 2.21 bits per heavy atom. The molecule has 0 saturated carbocycles. The highest BCUT2D eigenvalue weighted by Crippen LogP contribution is 2.26. The highest BCUT2D eigenvalue weighted by Gasteiger charge is 2.28. The molecule has 208 valence electrons. The van der Waals surface area contributed by atoms with Gasteiger partial charge in [0.15, 0.2) is 5.11 Å². The van der Waals surface area contributed by atoms with Crippen molar-refractivity contribution in [3.05, 3.63) is 82.9 Å². The molecule has 0 fully saturated rings. The first-order valence-corrected chi connectivity index (χ1v) is 14.7. The Bertz CT molecular complexity index is 1430. The smallest absolute Gasteiger partial charge is 0.261 e. The van der Waals surface area contributed by atoms with Crippen molar-refractivity contribution in [1.29, 1.82) is 0 Å². The van der Waals surface area contributed by atoms with Gasteiger partial charge < -0.3 is 15.4 Å². The maximum absolute atomic E-state index is 12.9. The van der Waals surface area contributed by atoms with Crippen LogP contribution in [0, 0.1) is 33.1 Å². The number of sulfonamides is 1. The van der Waals surface area contributed by atoms with E-state index in [2.05, 4.69) is 15.4 Å². The van der Waals surface area contributed by atoms with E-state index in [1.54, 1.807) is 12.1 Å². The molecule has 0 aromatic heterocycles. The van der Waals surface area contributed by atoms with E-state index in [0.29, 0.717) is 30.8 Å². The van der Waals surface area contributed by atoms with Crippen LogP contribution in [0.2, 0.25) is 0 Å². The van der Waals surface area contributed by atoms with Crippen LogP contribution >= 0.6 is 12.2 Å². The molecule has 0 saturated heterocycles. The maximum atomic E-state index is 12.9. The average molecular weight is 568 g/mol. The Kier molecular flexibility index (Phi) is 9.74. The fourth-order valence-corrected chi connectivity index (χ4v) is 5.41. The standard InChI is InChI=1S/C30H37N3O4S2/c1-20-11-12-21(2)26(19-20)37-18-8-17-30(5,6)28(34)32-29(38)31-24-13-15-25(16-14-24)39(35,36)33-27-22(3)9-7-10-23(27)4/h7,9-16,19,33H,8,17-18H2,1-6H3,(H2,31,32,34,38). The molecule has 0 aliphatic heterocycles. The van der Waals surface area contributed by atoms with Crippen molar-refractivity contribution in [3.8, 4) is 5.75 Å². The van der Waals surface area contributed by atoms with Crippen LogP contribution in [0.1, 0.15) is 48.9 Å². The van der Waals surface area contributed by atoms with Crippen molar-refractivity contribution in [3.63, 3.8) is 0 Å². The minimum absolute atomic E-state index is 0.120. The first-order chi connectivity index (χ1) is 18.3. The number of anilines is 2. The number of hydrogen-bond donors (Lipinski definition) is 3. The van der Waals surface area contributed by atoms with Crippen molar-refractivity contribution in [2.24, 2.45) is 5.41 Å². The number of aryl methyl sites for hydroxylation is 4. The first-order valence-electron chi connectivity index (χ1n) is 12.8. The van der Waals surface area contributed by atoms with Gasteiger partial charge in [-0.1, -0.05) is 44.2 Å². The summed E-state index contributed by atoms with van der Waals surface area (Å²) in [5, 5.41) is 5.84. The molecule has 0 atom stereocenters. The molecule has 1 amide bonds. The summed E-state index contributed by atoms with van der Waals surface area (Å²) >= 11 is 5.33. The SMILES string of the molecule is Cc1ccc(C)c(OCCCC(C)(C)C(=O)NC(=S)Nc2ccc(S(=O)(=O)Nc3c(C)cccc3C)cc2)c1. The molecule has 3 aromatic carbocycles. The van der Waals surface area contributed by atoms with Crippen LogP contribution in [-0.4, -0.2) is 26.0 Å². The van der Waals surface area contributed by atoms with E-state index in [4.69, 9.17) is 17.0 Å². The summed E-state index contributed by atoms with van der Waals surface area (Å²) in [6.07, 6.45) is 1.33. The van der Waals surface area contributed by atoms with Gasteiger partial charge >= 0.3 is 0 Å². The van der Waals surface area contributed by atoms with Gasteiger partial charge in [-0.3, -0.25) is 9.52 Å². The Hall–Kier alpha value is -3.43. The molecule has 39 heavy (non-hydrogen) atoms. The number of hydrogen-bond acceptors (Lipinski definition) is 5. The lowest BCUT2D eigenvalue weighted by molar-refractivity contribution is -0.128. The van der Waals surface area contributed by atoms with Crippen LogP contribution in [0.25, 0.3) is 0 Å². The van der Waals surface area contributed by atoms with Crippen molar-refractivity contribution in [2.75, 3.05) is 16.6 Å². The molecular formula is C30H37N3O4S2. The molecule has 3 N–H and O–H groups in total. The molecule has 3 rings (SSSR count). The summed E-state index contributed by atoms with van der Waals surface area (Å²) in [6, 6.07) is 17.9. The van der Waals surface area contributed by atoms with Gasteiger partial charge in [0.05, 0.1) is 17.2 Å². The van der Waals surface area contributed by atoms with Crippen LogP contribution in [0.15, 0.2) is 65.6 Å². The lowest BCUT2D eigenvalue weighted by Crippen LogP contribution is -2.42. The Labute approximate surface area is 237 Å². The average Bonchev–Trinajstić information content (AvgIpc) is 2.86. The number of nitrogens with one attached hydrogen (secondary N) is 3. The highest BCUT2D eigenvalue weighted by atomic mass is 32.2. The normalized spacial score (nSPS) is 11.5. The van der Waals surface area contributed by atoms with Gasteiger partial charge in [0, 0.05) is 11.1 Å². The zero-order valence-corrected chi connectivity index (χ0v) is 25.0. The van der Waals surface area contributed by atoms with Crippen LogP contribution in [-0.2, 0) is 14.8 Å². The first kappa shape index (κ1) is 30.1. The zero-order valence-electron chi connectivity index (χ0n) is 23.3. The molecule has 7 nitrogen and oxygen atoms in total. The van der Waals surface area contributed by atoms with Gasteiger partial charge in [-0.25, -0.2) is 8.42 Å². The van der Waals surface area contributed by atoms with E-state index in [9.17, 15) is 13.2 Å². The fourth-order valence-electron chi connectivity index (χ4n) is 3.99. The summed E-state index contributed by atoms with van der Waals surface area (Å²) in [4.78, 5) is 13.0. The predicted octanol–water partition coefficient (Wildman–Crippen LogP) is 6.42. The third-order valence-corrected chi connectivity index (χ3v) is 8.10. The second-order valence-electron chi connectivity index (χ2n) is 10.4. The number of amides is 1. The molecule has 9 heteroatoms. The number of carbonyl (C=O) groups is 1. The summed E-state index contributed by atoms with van der Waals surface area (Å²) in [5.74, 6) is 0.659. The second-order valence-corrected chi connectivity index (χ2v) is 12.5. The number of para-hydroxylation sites is 1. The molecule has 0 unspecified atom stereocenters. The van der Waals surface area contributed by atoms with Crippen molar-refractivity contribution < 1.29 is 17.9 Å². The Morgan fingerprint density at radius 2 is 1.56 bits per heavy atom. The maximum Gasteiger partial charge on any atom is 0.261 e. The van der Waals surface area contributed by atoms with Gasteiger partial charge in [0.1, 0.15) is 5.75 Å². The van der Waals surface area contributed by atoms with Crippen LogP contribution < -0.4 is 20.1 Å². The van der Waals surface area contributed by atoms with E-state index in [1.165, 1.54) is 12.1 Å². The molecule has 0 bridgehead atoms. The van der Waals surface area contributed by atoms with Gasteiger partial charge in [0.2, 0.25) is 5.91 Å². The minimum Gasteiger partial charge on any atom is -0.493 e. The molecular weight excluding hydrogens is 530 g/mol. The fraction of sp³-hybridized carbons (Fsp3) is 0.333. The number of rotatable bonds is 10. The predicted molar refractivity (Wildman–Crippen MR) is 162 cm³/mol. The zero-order chi connectivity index (χ0) is 28.8. The number of ether oxygens (including phenoxy) is 1. The largest absolute Gasteiger partial charge is 0.493 e. The lowest BCUT2D eigenvalue weighted by Gasteiger charge is -2.24. The quantitative estimate of drug-likeness (QED) is 0.193. The summed E-state index contributed by atoms with van der Waals surface area (Å²) in [7, 11) is -3.77. The molecule has 0 aliphatic rings. The van der Waals surface area contributed by atoms with Gasteiger partial charge in [0.25, 0.3) is 10.0 Å². The molecule has 0 aliphatic carbocycles. The molecule has 0 spiro atoms. The van der Waals surface area contributed by atoms with E-state index in [0.717, 1.165) is 28.0 Å². The molecule has 0 radical (unpaired) electrons. The van der Waals surface area contributed by atoms with Crippen LogP contribution in [0.3, 0.4) is 0 Å². The lowest BCUT2D eigenvalue weighted by atomic mass is 9.87. The van der Waals surface area contributed by atoms with Crippen molar-refractivity contribution in [2.45, 2.75) is 59.3 Å². The van der Waals surface area contributed by atoms with Crippen LogP contribution in [0.4, 0.5) is 11.4 Å². The van der Waals surface area contributed by atoms with E-state index >= 15 is 0 Å². The summed E-state index contributed by atoms with van der Waals surface area (Å²) in [5.41, 5.74) is 4.38. The van der Waals surface area contributed by atoms with Gasteiger partial charge in [-0.15, -0.1) is 0 Å². The minimum atomic E-state index is -3.77. The third-order valence-electron chi connectivity index (χ3n) is 6.53. The van der Waals surface area contributed by atoms with Crippen molar-refractivity contribution in [1.82, 2.24) is 5.32 Å². The van der Waals surface area contributed by atoms with E-state index in [1.807, 2.05) is 77.9 Å². The van der Waals surface area contributed by atoms with Gasteiger partial charge in [-0.05, 0) is 105 Å². The van der Waals surface area contributed by atoms with E-state index in [-0.39, 0.29) is 15.9 Å². The topological polar surface area (TPSA) is 96.5 Å². The summed E-state index contributed by atoms with van der Waals surface area (Å²) < 4.78 is 34.4. The third kappa shape index (κ3) is 8.28. The second kappa shape index (κ2) is 12.6. The molecule has 3 aromatic rings. The Morgan fingerprint density at radius 1 is 0.923 bits per heavy atom. The van der Waals surface area contributed by atoms with Crippen LogP contribution in [0.5, 0.6) is 5.75 Å². The Balaban J connectivity index is 1.51. The monoisotopic (exact) mass is 567 g/mol. The highest BCUT2D eigenvalue weighted by molar-refractivity contribution is 7.92. The number of thiocarbonyl (C=S) groups is 1. The van der Waals surface area contributed by atoms with E-state index < -0.39 is 15.4 Å². The summed E-state index contributed by atoms with van der Waals surface area (Å²) in [6.45, 7) is 12.0. The van der Waals surface area contributed by atoms with Gasteiger partial charge in [-0.2, -0.15) is 0 Å². The van der Waals surface area contributed by atoms with Crippen molar-refractivity contribution >= 4 is 44.6 Å². The molecule has 0 heterocycles. The number of benzene rings is 3.